The van der Waals surface area contributed by atoms with Crippen LogP contribution in [0.15, 0.2) is 48.5 Å². The zero-order valence-electron chi connectivity index (χ0n) is 17.7. The normalized spacial score (nSPS) is 13.6. The molecule has 0 radical (unpaired) electrons. The first-order valence-corrected chi connectivity index (χ1v) is 10.3. The second kappa shape index (κ2) is 9.51. The first-order valence-electron chi connectivity index (χ1n) is 10.3. The molecule has 8 heteroatoms. The molecule has 1 aliphatic rings. The molecule has 0 spiro atoms. The maximum atomic E-state index is 14.1. The van der Waals surface area contributed by atoms with E-state index in [0.29, 0.717) is 17.5 Å². The number of benzene rings is 2. The van der Waals surface area contributed by atoms with E-state index in [0.717, 1.165) is 43.2 Å². The number of methoxy groups -OCH3 is 2. The Hall–Kier alpha value is -3.55. The Morgan fingerprint density at radius 1 is 0.839 bits per heavy atom. The first kappa shape index (κ1) is 20.7. The predicted octanol–water partition coefficient (Wildman–Crippen LogP) is 5.11. The third-order valence-electron chi connectivity index (χ3n) is 5.16. The minimum atomic E-state index is -0.448. The lowest BCUT2D eigenvalue weighted by molar-refractivity contribution is 0.386. The standard InChI is InChI=1S/C23H26FN5O2/c1-30-18-9-6-16(7-10-18)25-21-15-22(29-12-4-3-5-13-29)28-23(27-21)26-17-8-11-20(31-2)19(24)14-17/h6-11,14-15H,3-5,12-13H2,1-2H3,(H2,25,26,27,28). The minimum Gasteiger partial charge on any atom is -0.497 e. The summed E-state index contributed by atoms with van der Waals surface area (Å²) < 4.78 is 24.3. The summed E-state index contributed by atoms with van der Waals surface area (Å²) in [6.45, 7) is 1.91. The molecule has 0 amide bonds. The molecule has 2 aromatic carbocycles. The lowest BCUT2D eigenvalue weighted by Gasteiger charge is -2.28. The summed E-state index contributed by atoms with van der Waals surface area (Å²) in [5.41, 5.74) is 1.43. The number of aromatic nitrogens is 2. The van der Waals surface area contributed by atoms with E-state index in [2.05, 4.69) is 25.5 Å². The highest BCUT2D eigenvalue weighted by Crippen LogP contribution is 2.27. The van der Waals surface area contributed by atoms with Crippen LogP contribution >= 0.6 is 0 Å². The molecular formula is C23H26FN5O2. The summed E-state index contributed by atoms with van der Waals surface area (Å²) in [6, 6.07) is 14.2. The van der Waals surface area contributed by atoms with Crippen LogP contribution in [-0.2, 0) is 0 Å². The maximum absolute atomic E-state index is 14.1. The van der Waals surface area contributed by atoms with E-state index in [-0.39, 0.29) is 5.75 Å². The SMILES string of the molecule is COc1ccc(Nc2cc(N3CCCCC3)nc(Nc3ccc(OC)c(F)c3)n2)cc1. The Morgan fingerprint density at radius 3 is 2.26 bits per heavy atom. The van der Waals surface area contributed by atoms with Gasteiger partial charge in [-0.05, 0) is 55.7 Å². The highest BCUT2D eigenvalue weighted by atomic mass is 19.1. The predicted molar refractivity (Wildman–Crippen MR) is 121 cm³/mol. The van der Waals surface area contributed by atoms with Gasteiger partial charge >= 0.3 is 0 Å². The molecule has 1 saturated heterocycles. The van der Waals surface area contributed by atoms with Gasteiger partial charge < -0.3 is 25.0 Å². The van der Waals surface area contributed by atoms with Crippen LogP contribution in [0.25, 0.3) is 0 Å². The third-order valence-corrected chi connectivity index (χ3v) is 5.16. The highest BCUT2D eigenvalue weighted by Gasteiger charge is 2.15. The van der Waals surface area contributed by atoms with E-state index in [9.17, 15) is 4.39 Å². The number of ether oxygens (including phenoxy) is 2. The molecule has 1 fully saturated rings. The van der Waals surface area contributed by atoms with Gasteiger partial charge in [0.25, 0.3) is 0 Å². The summed E-state index contributed by atoms with van der Waals surface area (Å²) in [5.74, 6) is 2.40. The number of piperidine rings is 1. The van der Waals surface area contributed by atoms with Crippen molar-refractivity contribution >= 4 is 29.0 Å². The van der Waals surface area contributed by atoms with Crippen molar-refractivity contribution in [1.29, 1.82) is 0 Å². The number of rotatable bonds is 7. The lowest BCUT2D eigenvalue weighted by atomic mass is 10.1. The number of halogens is 1. The molecule has 7 nitrogen and oxygen atoms in total. The fourth-order valence-electron chi connectivity index (χ4n) is 3.53. The minimum absolute atomic E-state index is 0.190. The van der Waals surface area contributed by atoms with Gasteiger partial charge in [0.05, 0.1) is 14.2 Å². The monoisotopic (exact) mass is 423 g/mol. The smallest absolute Gasteiger partial charge is 0.231 e. The Labute approximate surface area is 181 Å². The second-order valence-electron chi connectivity index (χ2n) is 7.31. The van der Waals surface area contributed by atoms with Gasteiger partial charge in [0.15, 0.2) is 11.6 Å². The molecule has 0 bridgehead atoms. The average molecular weight is 423 g/mol. The molecule has 2 heterocycles. The van der Waals surface area contributed by atoms with E-state index < -0.39 is 5.82 Å². The summed E-state index contributed by atoms with van der Waals surface area (Å²) in [6.07, 6.45) is 3.50. The van der Waals surface area contributed by atoms with Crippen molar-refractivity contribution in [1.82, 2.24) is 9.97 Å². The Bertz CT molecular complexity index is 1020. The first-order chi connectivity index (χ1) is 15.1. The maximum Gasteiger partial charge on any atom is 0.231 e. The van der Waals surface area contributed by atoms with E-state index >= 15 is 0 Å². The Kier molecular flexibility index (Phi) is 6.35. The van der Waals surface area contributed by atoms with Crippen LogP contribution in [0.4, 0.5) is 33.3 Å². The van der Waals surface area contributed by atoms with Crippen LogP contribution in [0.1, 0.15) is 19.3 Å². The molecule has 3 aromatic rings. The van der Waals surface area contributed by atoms with Gasteiger partial charge in [0.2, 0.25) is 5.95 Å². The van der Waals surface area contributed by atoms with Gasteiger partial charge in [-0.25, -0.2) is 4.39 Å². The Morgan fingerprint density at radius 2 is 1.58 bits per heavy atom. The number of nitrogens with one attached hydrogen (secondary N) is 2. The average Bonchev–Trinajstić information content (AvgIpc) is 2.80. The van der Waals surface area contributed by atoms with E-state index in [4.69, 9.17) is 9.47 Å². The van der Waals surface area contributed by atoms with E-state index in [1.165, 1.54) is 19.6 Å². The topological polar surface area (TPSA) is 71.5 Å². The second-order valence-corrected chi connectivity index (χ2v) is 7.31. The van der Waals surface area contributed by atoms with Crippen molar-refractivity contribution in [3.63, 3.8) is 0 Å². The molecule has 0 aliphatic carbocycles. The molecule has 0 atom stereocenters. The number of nitrogens with zero attached hydrogens (tertiary/aromatic N) is 3. The summed E-state index contributed by atoms with van der Waals surface area (Å²) in [5, 5.41) is 6.44. The number of hydrogen-bond donors (Lipinski definition) is 2. The number of hydrogen-bond acceptors (Lipinski definition) is 7. The zero-order chi connectivity index (χ0) is 21.6. The van der Waals surface area contributed by atoms with Gasteiger partial charge in [-0.1, -0.05) is 0 Å². The van der Waals surface area contributed by atoms with Crippen LogP contribution in [0.2, 0.25) is 0 Å². The molecule has 1 aliphatic heterocycles. The summed E-state index contributed by atoms with van der Waals surface area (Å²) in [7, 11) is 3.07. The van der Waals surface area contributed by atoms with Gasteiger partial charge in [0, 0.05) is 36.6 Å². The molecule has 0 saturated carbocycles. The zero-order valence-corrected chi connectivity index (χ0v) is 17.7. The molecule has 162 valence electrons. The molecule has 0 unspecified atom stereocenters. The number of anilines is 5. The van der Waals surface area contributed by atoms with Crippen LogP contribution in [0.3, 0.4) is 0 Å². The van der Waals surface area contributed by atoms with E-state index in [1.54, 1.807) is 19.2 Å². The van der Waals surface area contributed by atoms with Crippen molar-refractivity contribution in [3.05, 3.63) is 54.3 Å². The highest BCUT2D eigenvalue weighted by molar-refractivity contribution is 5.64. The van der Waals surface area contributed by atoms with Crippen molar-refractivity contribution in [2.45, 2.75) is 19.3 Å². The van der Waals surface area contributed by atoms with Crippen molar-refractivity contribution in [2.24, 2.45) is 0 Å². The third kappa shape index (κ3) is 5.14. The van der Waals surface area contributed by atoms with Crippen LogP contribution < -0.4 is 25.0 Å². The van der Waals surface area contributed by atoms with Crippen LogP contribution in [0.5, 0.6) is 11.5 Å². The van der Waals surface area contributed by atoms with Gasteiger partial charge in [-0.2, -0.15) is 9.97 Å². The molecule has 2 N–H and O–H groups in total. The fourth-order valence-corrected chi connectivity index (χ4v) is 3.53. The van der Waals surface area contributed by atoms with E-state index in [1.807, 2.05) is 30.3 Å². The molecule has 1 aromatic heterocycles. The quantitative estimate of drug-likeness (QED) is 0.547. The van der Waals surface area contributed by atoms with Gasteiger partial charge in [-0.15, -0.1) is 0 Å². The van der Waals surface area contributed by atoms with Crippen LogP contribution in [0, 0.1) is 5.82 Å². The van der Waals surface area contributed by atoms with Crippen LogP contribution in [-0.4, -0.2) is 37.3 Å². The molecular weight excluding hydrogens is 397 g/mol. The summed E-state index contributed by atoms with van der Waals surface area (Å²) >= 11 is 0. The Balaban J connectivity index is 1.62. The molecule has 4 rings (SSSR count). The molecule has 31 heavy (non-hydrogen) atoms. The lowest BCUT2D eigenvalue weighted by Crippen LogP contribution is -2.30. The largest absolute Gasteiger partial charge is 0.497 e. The van der Waals surface area contributed by atoms with Gasteiger partial charge in [0.1, 0.15) is 17.4 Å². The van der Waals surface area contributed by atoms with Crippen molar-refractivity contribution in [2.75, 3.05) is 42.8 Å². The van der Waals surface area contributed by atoms with Crippen molar-refractivity contribution < 1.29 is 13.9 Å². The van der Waals surface area contributed by atoms with Gasteiger partial charge in [-0.3, -0.25) is 0 Å². The summed E-state index contributed by atoms with van der Waals surface area (Å²) in [4.78, 5) is 11.5. The fraction of sp³-hybridized carbons (Fsp3) is 0.304. The van der Waals surface area contributed by atoms with Crippen molar-refractivity contribution in [3.8, 4) is 11.5 Å².